The van der Waals surface area contributed by atoms with Gasteiger partial charge in [0.25, 0.3) is 5.89 Å². The van der Waals surface area contributed by atoms with Gasteiger partial charge < -0.3 is 13.8 Å². The Kier molecular flexibility index (Phi) is 4.02. The zero-order chi connectivity index (χ0) is 19.8. The number of fused-ring (bicyclic) bond motifs is 1. The lowest BCUT2D eigenvalue weighted by Crippen LogP contribution is -1.92. The Balaban J connectivity index is 1.36. The Morgan fingerprint density at radius 3 is 2.72 bits per heavy atom. The van der Waals surface area contributed by atoms with Crippen molar-refractivity contribution in [1.82, 2.24) is 24.7 Å². The fraction of sp³-hybridized carbons (Fsp3) is 0.0476. The van der Waals surface area contributed by atoms with Crippen molar-refractivity contribution in [3.63, 3.8) is 0 Å². The molecule has 0 bridgehead atoms. The molecule has 1 radical (unpaired) electrons. The van der Waals surface area contributed by atoms with Crippen molar-refractivity contribution in [3.8, 4) is 34.6 Å². The van der Waals surface area contributed by atoms with Crippen molar-refractivity contribution in [2.75, 3.05) is 0 Å². The Morgan fingerprint density at radius 2 is 1.93 bits per heavy atom. The van der Waals surface area contributed by atoms with E-state index in [2.05, 4.69) is 26.3 Å². The molecule has 0 saturated carbocycles. The molecule has 0 aliphatic rings. The number of rotatable bonds is 4. The average Bonchev–Trinajstić information content (AvgIpc) is 3.37. The second kappa shape index (κ2) is 6.83. The average molecular weight is 386 g/mol. The predicted octanol–water partition coefficient (Wildman–Crippen LogP) is 4.42. The summed E-state index contributed by atoms with van der Waals surface area (Å²) >= 11 is 0. The fourth-order valence-electron chi connectivity index (χ4n) is 2.88. The molecule has 2 aromatic carbocycles. The summed E-state index contributed by atoms with van der Waals surface area (Å²) in [6, 6.07) is 13.5. The topological polar surface area (TPSA) is 78.9 Å². The molecule has 8 heteroatoms. The second-order valence-electron chi connectivity index (χ2n) is 6.33. The van der Waals surface area contributed by atoms with Crippen LogP contribution in [-0.2, 0) is 7.05 Å². The number of aromatic nitrogens is 5. The predicted molar refractivity (Wildman–Crippen MR) is 103 cm³/mol. The van der Waals surface area contributed by atoms with Crippen LogP contribution in [0.5, 0.6) is 11.6 Å². The van der Waals surface area contributed by atoms with Gasteiger partial charge in [0.1, 0.15) is 17.3 Å². The van der Waals surface area contributed by atoms with E-state index in [1.807, 2.05) is 35.9 Å². The van der Waals surface area contributed by atoms with Gasteiger partial charge >= 0.3 is 0 Å². The first-order valence-corrected chi connectivity index (χ1v) is 8.73. The zero-order valence-electron chi connectivity index (χ0n) is 15.2. The third kappa shape index (κ3) is 3.31. The van der Waals surface area contributed by atoms with Crippen LogP contribution in [0.1, 0.15) is 0 Å². The van der Waals surface area contributed by atoms with E-state index in [0.717, 1.165) is 10.9 Å². The third-order valence-electron chi connectivity index (χ3n) is 4.38. The molecule has 0 fully saturated rings. The zero-order valence-corrected chi connectivity index (χ0v) is 15.2. The van der Waals surface area contributed by atoms with Gasteiger partial charge in [-0.2, -0.15) is 4.98 Å². The highest BCUT2D eigenvalue weighted by atomic mass is 19.1. The van der Waals surface area contributed by atoms with Crippen molar-refractivity contribution < 1.29 is 13.7 Å². The van der Waals surface area contributed by atoms with Crippen LogP contribution in [0.25, 0.3) is 33.9 Å². The van der Waals surface area contributed by atoms with Crippen molar-refractivity contribution >= 4 is 10.9 Å². The number of hydrogen-bond acceptors (Lipinski definition) is 6. The highest BCUT2D eigenvalue weighted by Crippen LogP contribution is 2.26. The van der Waals surface area contributed by atoms with E-state index in [1.165, 1.54) is 24.5 Å². The molecule has 0 N–H and O–H groups in total. The van der Waals surface area contributed by atoms with Gasteiger partial charge in [-0.1, -0.05) is 5.16 Å². The minimum absolute atomic E-state index is 0.212. The van der Waals surface area contributed by atoms with Gasteiger partial charge in [0, 0.05) is 24.1 Å². The second-order valence-corrected chi connectivity index (χ2v) is 6.33. The summed E-state index contributed by atoms with van der Waals surface area (Å²) in [4.78, 5) is 12.8. The number of benzene rings is 2. The number of nitrogens with zero attached hydrogens (tertiary/aromatic N) is 5. The van der Waals surface area contributed by atoms with Gasteiger partial charge in [-0.05, 0) is 42.5 Å². The fourth-order valence-corrected chi connectivity index (χ4v) is 2.88. The summed E-state index contributed by atoms with van der Waals surface area (Å²) < 4.78 is 26.0. The molecule has 0 saturated heterocycles. The van der Waals surface area contributed by atoms with E-state index in [0.29, 0.717) is 28.7 Å². The Hall–Kier alpha value is -4.07. The molecule has 3 heterocycles. The molecule has 7 nitrogen and oxygen atoms in total. The molecule has 0 atom stereocenters. The van der Waals surface area contributed by atoms with E-state index < -0.39 is 0 Å². The smallest absolute Gasteiger partial charge is 0.278 e. The van der Waals surface area contributed by atoms with Gasteiger partial charge in [0.15, 0.2) is 0 Å². The number of halogens is 1. The van der Waals surface area contributed by atoms with Crippen LogP contribution in [0.2, 0.25) is 0 Å². The molecule has 0 amide bonds. The maximum absolute atomic E-state index is 13.0. The molecular formula is C21H13FN5O2. The molecule has 141 valence electrons. The van der Waals surface area contributed by atoms with Crippen LogP contribution in [0.15, 0.2) is 65.4 Å². The van der Waals surface area contributed by atoms with E-state index in [9.17, 15) is 4.39 Å². The normalized spacial score (nSPS) is 11.1. The highest BCUT2D eigenvalue weighted by molar-refractivity contribution is 5.81. The lowest BCUT2D eigenvalue weighted by Gasteiger charge is -2.05. The summed E-state index contributed by atoms with van der Waals surface area (Å²) in [6.45, 7) is 0. The van der Waals surface area contributed by atoms with Crippen LogP contribution in [0, 0.1) is 12.0 Å². The Labute approximate surface area is 164 Å². The molecule has 5 rings (SSSR count). The molecule has 5 aromatic rings. The maximum Gasteiger partial charge on any atom is 0.278 e. The molecule has 0 aliphatic carbocycles. The summed E-state index contributed by atoms with van der Waals surface area (Å²) in [7, 11) is 1.92. The number of aryl methyl sites for hydroxylation is 1. The minimum Gasteiger partial charge on any atom is -0.437 e. The summed E-state index contributed by atoms with van der Waals surface area (Å²) in [5.41, 5.74) is 2.06. The number of hydrogen-bond donors (Lipinski definition) is 0. The first-order chi connectivity index (χ1) is 14.2. The van der Waals surface area contributed by atoms with Crippen molar-refractivity contribution in [3.05, 3.63) is 72.9 Å². The first-order valence-electron chi connectivity index (χ1n) is 8.73. The van der Waals surface area contributed by atoms with Gasteiger partial charge in [-0.15, -0.1) is 0 Å². The lowest BCUT2D eigenvalue weighted by atomic mass is 10.2. The summed E-state index contributed by atoms with van der Waals surface area (Å²) in [5.74, 6) is 1.21. The standard InChI is InChI=1S/C21H13FN5O2/c1-27-9-8-13-4-7-16(10-18(13)27)28-19-12-23-17(11-24-19)21-25-20(26-29-21)14-2-5-15(22)6-3-14/h2-8,10-12H,1H3. The SMILES string of the molecule is Cn1[c]cc2ccc(Oc3cnc(-c4nc(-c5ccc(F)cc5)no4)cn3)cc21. The first kappa shape index (κ1) is 17.1. The maximum atomic E-state index is 13.0. The van der Waals surface area contributed by atoms with Crippen molar-refractivity contribution in [1.29, 1.82) is 0 Å². The van der Waals surface area contributed by atoms with Crippen molar-refractivity contribution in [2.45, 2.75) is 0 Å². The Morgan fingerprint density at radius 1 is 1.07 bits per heavy atom. The Bertz CT molecular complexity index is 1290. The monoisotopic (exact) mass is 386 g/mol. The van der Waals surface area contributed by atoms with Crippen LogP contribution < -0.4 is 4.74 Å². The van der Waals surface area contributed by atoms with Gasteiger partial charge in [-0.25, -0.2) is 14.4 Å². The highest BCUT2D eigenvalue weighted by Gasteiger charge is 2.13. The molecule has 3 aromatic heterocycles. The van der Waals surface area contributed by atoms with E-state index in [4.69, 9.17) is 9.26 Å². The van der Waals surface area contributed by atoms with Gasteiger partial charge in [-0.3, -0.25) is 0 Å². The van der Waals surface area contributed by atoms with Crippen LogP contribution in [0.3, 0.4) is 0 Å². The molecule has 29 heavy (non-hydrogen) atoms. The summed E-state index contributed by atoms with van der Waals surface area (Å²) in [6.07, 6.45) is 6.08. The van der Waals surface area contributed by atoms with Crippen LogP contribution in [-0.4, -0.2) is 24.7 Å². The van der Waals surface area contributed by atoms with Crippen LogP contribution in [0.4, 0.5) is 4.39 Å². The largest absolute Gasteiger partial charge is 0.437 e. The molecule has 0 spiro atoms. The third-order valence-corrected chi connectivity index (χ3v) is 4.38. The molecule has 0 aliphatic heterocycles. The minimum atomic E-state index is -0.330. The van der Waals surface area contributed by atoms with Crippen molar-refractivity contribution in [2.24, 2.45) is 7.05 Å². The van der Waals surface area contributed by atoms with E-state index in [-0.39, 0.29) is 11.7 Å². The van der Waals surface area contributed by atoms with E-state index in [1.54, 1.807) is 12.1 Å². The van der Waals surface area contributed by atoms with Gasteiger partial charge in [0.2, 0.25) is 11.7 Å². The molecule has 0 unspecified atom stereocenters. The van der Waals surface area contributed by atoms with E-state index >= 15 is 0 Å². The lowest BCUT2D eigenvalue weighted by molar-refractivity contribution is 0.429. The van der Waals surface area contributed by atoms with Gasteiger partial charge in [0.05, 0.1) is 24.1 Å². The van der Waals surface area contributed by atoms with Crippen LogP contribution >= 0.6 is 0 Å². The number of ether oxygens (including phenoxy) is 1. The quantitative estimate of drug-likeness (QED) is 0.455. The summed E-state index contributed by atoms with van der Waals surface area (Å²) in [5, 5.41) is 4.98. The molecular weight excluding hydrogens is 373 g/mol.